The van der Waals surface area contributed by atoms with Crippen LogP contribution in [0.3, 0.4) is 0 Å². The van der Waals surface area contributed by atoms with Crippen LogP contribution in [0.2, 0.25) is 0 Å². The van der Waals surface area contributed by atoms with Crippen molar-refractivity contribution in [2.75, 3.05) is 19.1 Å². The lowest BCUT2D eigenvalue weighted by Crippen LogP contribution is -2.16. The van der Waals surface area contributed by atoms with Crippen LogP contribution >= 0.6 is 0 Å². The van der Waals surface area contributed by atoms with Crippen LogP contribution in [-0.4, -0.2) is 25.2 Å². The molecule has 0 aliphatic rings. The summed E-state index contributed by atoms with van der Waals surface area (Å²) >= 11 is 0. The molecular formula is C17H19NO3. The number of carboxylic acid groups (broad SMARTS) is 1. The Balaban J connectivity index is 2.01. The number of hydrogen-bond acceptors (Lipinski definition) is 3. The van der Waals surface area contributed by atoms with Crippen LogP contribution < -0.4 is 9.64 Å². The van der Waals surface area contributed by atoms with Gasteiger partial charge >= 0.3 is 5.97 Å². The number of ether oxygens (including phenoxy) is 1. The molecule has 21 heavy (non-hydrogen) atoms. The minimum Gasteiger partial charge on any atom is -0.497 e. The molecule has 0 unspecified atom stereocenters. The lowest BCUT2D eigenvalue weighted by atomic mass is 10.1. The standard InChI is InChI=1S/C17H19NO3/c1-18(15-7-9-16(21-2)10-8-15)12-14-5-3-13(4-6-14)11-17(19)20/h3-10H,11-12H2,1-2H3,(H,19,20). The maximum absolute atomic E-state index is 10.7. The number of anilines is 1. The Labute approximate surface area is 124 Å². The van der Waals surface area contributed by atoms with Crippen LogP contribution in [0.4, 0.5) is 5.69 Å². The van der Waals surface area contributed by atoms with Crippen LogP contribution in [0.5, 0.6) is 5.75 Å². The highest BCUT2D eigenvalue weighted by atomic mass is 16.5. The van der Waals surface area contributed by atoms with Crippen molar-refractivity contribution in [3.8, 4) is 5.75 Å². The minimum absolute atomic E-state index is 0.0641. The summed E-state index contributed by atoms with van der Waals surface area (Å²) < 4.78 is 5.15. The van der Waals surface area contributed by atoms with Crippen molar-refractivity contribution in [1.82, 2.24) is 0 Å². The lowest BCUT2D eigenvalue weighted by Gasteiger charge is -2.19. The number of hydrogen-bond donors (Lipinski definition) is 1. The Bertz CT molecular complexity index is 590. The first-order valence-electron chi connectivity index (χ1n) is 6.73. The van der Waals surface area contributed by atoms with Crippen LogP contribution in [-0.2, 0) is 17.8 Å². The maximum atomic E-state index is 10.7. The van der Waals surface area contributed by atoms with Gasteiger partial charge in [-0.15, -0.1) is 0 Å². The molecule has 1 N–H and O–H groups in total. The number of methoxy groups -OCH3 is 1. The molecule has 2 rings (SSSR count). The number of carbonyl (C=O) groups is 1. The quantitative estimate of drug-likeness (QED) is 0.886. The summed E-state index contributed by atoms with van der Waals surface area (Å²) in [5.41, 5.74) is 3.06. The zero-order valence-corrected chi connectivity index (χ0v) is 12.2. The lowest BCUT2D eigenvalue weighted by molar-refractivity contribution is -0.136. The van der Waals surface area contributed by atoms with E-state index in [1.807, 2.05) is 55.6 Å². The van der Waals surface area contributed by atoms with Gasteiger partial charge in [-0.2, -0.15) is 0 Å². The molecule has 0 spiro atoms. The molecule has 0 aliphatic carbocycles. The maximum Gasteiger partial charge on any atom is 0.307 e. The molecule has 0 aromatic heterocycles. The molecule has 0 aliphatic heterocycles. The van der Waals surface area contributed by atoms with Gasteiger partial charge < -0.3 is 14.7 Å². The van der Waals surface area contributed by atoms with E-state index in [0.717, 1.165) is 29.1 Å². The van der Waals surface area contributed by atoms with Crippen molar-refractivity contribution >= 4 is 11.7 Å². The largest absolute Gasteiger partial charge is 0.497 e. The van der Waals surface area contributed by atoms with Crippen LogP contribution in [0.1, 0.15) is 11.1 Å². The Morgan fingerprint density at radius 3 is 2.14 bits per heavy atom. The molecule has 0 radical (unpaired) electrons. The molecule has 0 bridgehead atoms. The van der Waals surface area contributed by atoms with Crippen molar-refractivity contribution in [2.24, 2.45) is 0 Å². The number of benzene rings is 2. The van der Waals surface area contributed by atoms with E-state index in [1.165, 1.54) is 0 Å². The second kappa shape index (κ2) is 6.79. The normalized spacial score (nSPS) is 10.2. The van der Waals surface area contributed by atoms with E-state index in [1.54, 1.807) is 7.11 Å². The Hall–Kier alpha value is -2.49. The fourth-order valence-electron chi connectivity index (χ4n) is 2.14. The molecule has 0 saturated heterocycles. The third kappa shape index (κ3) is 4.24. The SMILES string of the molecule is COc1ccc(N(C)Cc2ccc(CC(=O)O)cc2)cc1. The highest BCUT2D eigenvalue weighted by molar-refractivity contribution is 5.70. The number of aliphatic carboxylic acids is 1. The number of nitrogens with zero attached hydrogens (tertiary/aromatic N) is 1. The first-order valence-corrected chi connectivity index (χ1v) is 6.73. The molecule has 2 aromatic rings. The second-order valence-electron chi connectivity index (χ2n) is 4.94. The molecule has 0 fully saturated rings. The van der Waals surface area contributed by atoms with Crippen LogP contribution in [0.15, 0.2) is 48.5 Å². The topological polar surface area (TPSA) is 49.8 Å². The summed E-state index contributed by atoms with van der Waals surface area (Å²) in [4.78, 5) is 12.8. The van der Waals surface area contributed by atoms with Crippen molar-refractivity contribution < 1.29 is 14.6 Å². The average Bonchev–Trinajstić information content (AvgIpc) is 2.49. The molecule has 4 nitrogen and oxygen atoms in total. The van der Waals surface area contributed by atoms with Gasteiger partial charge in [0.05, 0.1) is 13.5 Å². The van der Waals surface area contributed by atoms with Gasteiger partial charge in [0, 0.05) is 19.3 Å². The molecule has 4 heteroatoms. The van der Waals surface area contributed by atoms with Crippen LogP contribution in [0.25, 0.3) is 0 Å². The number of carboxylic acids is 1. The fraction of sp³-hybridized carbons (Fsp3) is 0.235. The van der Waals surface area contributed by atoms with Gasteiger partial charge in [0.15, 0.2) is 0 Å². The second-order valence-corrected chi connectivity index (χ2v) is 4.94. The van der Waals surface area contributed by atoms with Gasteiger partial charge in [-0.25, -0.2) is 0 Å². The third-order valence-electron chi connectivity index (χ3n) is 3.31. The van der Waals surface area contributed by atoms with E-state index in [2.05, 4.69) is 4.90 Å². The van der Waals surface area contributed by atoms with Crippen molar-refractivity contribution in [3.63, 3.8) is 0 Å². The van der Waals surface area contributed by atoms with E-state index < -0.39 is 5.97 Å². The van der Waals surface area contributed by atoms with Crippen molar-refractivity contribution in [3.05, 3.63) is 59.7 Å². The van der Waals surface area contributed by atoms with E-state index in [4.69, 9.17) is 9.84 Å². The zero-order valence-electron chi connectivity index (χ0n) is 12.2. The highest BCUT2D eigenvalue weighted by Crippen LogP contribution is 2.20. The first-order chi connectivity index (χ1) is 10.1. The molecule has 2 aromatic carbocycles. The summed E-state index contributed by atoms with van der Waals surface area (Å²) in [5, 5.41) is 8.75. The van der Waals surface area contributed by atoms with Gasteiger partial charge in [0.1, 0.15) is 5.75 Å². The van der Waals surface area contributed by atoms with Gasteiger partial charge in [-0.05, 0) is 35.4 Å². The molecule has 0 heterocycles. The number of rotatable bonds is 6. The predicted octanol–water partition coefficient (Wildman–Crippen LogP) is 2.96. The van der Waals surface area contributed by atoms with E-state index >= 15 is 0 Å². The van der Waals surface area contributed by atoms with Gasteiger partial charge in [-0.1, -0.05) is 24.3 Å². The van der Waals surface area contributed by atoms with Gasteiger partial charge in [0.25, 0.3) is 0 Å². The highest BCUT2D eigenvalue weighted by Gasteiger charge is 2.04. The Morgan fingerprint density at radius 2 is 1.62 bits per heavy atom. The van der Waals surface area contributed by atoms with Crippen molar-refractivity contribution in [1.29, 1.82) is 0 Å². The van der Waals surface area contributed by atoms with Gasteiger partial charge in [0.2, 0.25) is 0 Å². The third-order valence-corrected chi connectivity index (χ3v) is 3.31. The summed E-state index contributed by atoms with van der Waals surface area (Å²) in [6.07, 6.45) is 0.0641. The summed E-state index contributed by atoms with van der Waals surface area (Å²) in [5.74, 6) is 0.0308. The van der Waals surface area contributed by atoms with E-state index in [9.17, 15) is 4.79 Å². The van der Waals surface area contributed by atoms with Gasteiger partial charge in [-0.3, -0.25) is 4.79 Å². The van der Waals surface area contributed by atoms with Crippen LogP contribution in [0, 0.1) is 0 Å². The zero-order chi connectivity index (χ0) is 15.2. The van der Waals surface area contributed by atoms with E-state index in [-0.39, 0.29) is 6.42 Å². The smallest absolute Gasteiger partial charge is 0.307 e. The molecule has 110 valence electrons. The molecule has 0 atom stereocenters. The Kier molecular flexibility index (Phi) is 4.82. The molecular weight excluding hydrogens is 266 g/mol. The van der Waals surface area contributed by atoms with E-state index in [0.29, 0.717) is 0 Å². The fourth-order valence-corrected chi connectivity index (χ4v) is 2.14. The van der Waals surface area contributed by atoms with Crippen molar-refractivity contribution in [2.45, 2.75) is 13.0 Å². The minimum atomic E-state index is -0.807. The molecule has 0 saturated carbocycles. The summed E-state index contributed by atoms with van der Waals surface area (Å²) in [6, 6.07) is 15.6. The molecule has 0 amide bonds. The first kappa shape index (κ1) is 14.9. The average molecular weight is 285 g/mol. The Morgan fingerprint density at radius 1 is 1.05 bits per heavy atom. The predicted molar refractivity (Wildman–Crippen MR) is 82.9 cm³/mol. The summed E-state index contributed by atoms with van der Waals surface area (Å²) in [6.45, 7) is 0.764. The summed E-state index contributed by atoms with van der Waals surface area (Å²) in [7, 11) is 3.67. The monoisotopic (exact) mass is 285 g/mol.